The van der Waals surface area contributed by atoms with Crippen molar-refractivity contribution in [1.29, 1.82) is 0 Å². The summed E-state index contributed by atoms with van der Waals surface area (Å²) in [5.41, 5.74) is 0.270. The first-order valence-electron chi connectivity index (χ1n) is 7.92. The Morgan fingerprint density at radius 1 is 1.29 bits per heavy atom. The zero-order valence-electron chi connectivity index (χ0n) is 13.8. The van der Waals surface area contributed by atoms with Crippen molar-refractivity contribution in [2.75, 3.05) is 19.3 Å². The van der Waals surface area contributed by atoms with E-state index in [0.717, 1.165) is 0 Å². The monoisotopic (exact) mass is 352 g/mol. The summed E-state index contributed by atoms with van der Waals surface area (Å²) in [6.07, 6.45) is 4.52. The molecule has 0 spiro atoms. The summed E-state index contributed by atoms with van der Waals surface area (Å²) >= 11 is 0. The normalized spacial score (nSPS) is 18.6. The van der Waals surface area contributed by atoms with Crippen LogP contribution in [0.3, 0.4) is 0 Å². The number of halogens is 1. The molecular formula is C17H21FN2O3S. The lowest BCUT2D eigenvalue weighted by Crippen LogP contribution is -2.43. The van der Waals surface area contributed by atoms with Gasteiger partial charge >= 0.3 is 0 Å². The fourth-order valence-corrected chi connectivity index (χ4v) is 3.87. The van der Waals surface area contributed by atoms with Crippen molar-refractivity contribution >= 4 is 10.0 Å². The van der Waals surface area contributed by atoms with Gasteiger partial charge in [-0.3, -0.25) is 0 Å². The van der Waals surface area contributed by atoms with Crippen molar-refractivity contribution in [3.8, 4) is 0 Å². The van der Waals surface area contributed by atoms with Gasteiger partial charge in [-0.15, -0.1) is 0 Å². The molecule has 0 N–H and O–H groups in total. The minimum atomic E-state index is -3.16. The quantitative estimate of drug-likeness (QED) is 0.849. The molecule has 0 atom stereocenters. The van der Waals surface area contributed by atoms with Crippen molar-refractivity contribution < 1.29 is 17.2 Å². The molecule has 1 aliphatic heterocycles. The fraction of sp³-hybridized carbons (Fsp3) is 0.471. The third-order valence-electron chi connectivity index (χ3n) is 4.69. The maximum atomic E-state index is 13.7. The van der Waals surface area contributed by atoms with Crippen molar-refractivity contribution in [2.45, 2.75) is 31.6 Å². The Morgan fingerprint density at radius 3 is 2.58 bits per heavy atom. The van der Waals surface area contributed by atoms with Crippen LogP contribution in [-0.2, 0) is 21.9 Å². The van der Waals surface area contributed by atoms with E-state index in [-0.39, 0.29) is 11.2 Å². The minimum Gasteiger partial charge on any atom is -0.445 e. The van der Waals surface area contributed by atoms with E-state index in [1.165, 1.54) is 16.6 Å². The first-order chi connectivity index (χ1) is 11.3. The van der Waals surface area contributed by atoms with Gasteiger partial charge < -0.3 is 4.42 Å². The predicted octanol–water partition coefficient (Wildman–Crippen LogP) is 2.72. The largest absolute Gasteiger partial charge is 0.445 e. The van der Waals surface area contributed by atoms with Crippen molar-refractivity contribution in [1.82, 2.24) is 9.29 Å². The fourth-order valence-electron chi connectivity index (χ4n) is 3.02. The molecule has 0 aliphatic carbocycles. The second-order valence-corrected chi connectivity index (χ2v) is 8.61. The Hall–Kier alpha value is -1.73. The van der Waals surface area contributed by atoms with Crippen LogP contribution in [-0.4, -0.2) is 37.1 Å². The van der Waals surface area contributed by atoms with Gasteiger partial charge in [-0.05, 0) is 24.5 Å². The SMILES string of the molecule is CC1(c2ncc(Cc3ccccc3F)o2)CCN(S(C)(=O)=O)CC1. The molecule has 2 aromatic rings. The van der Waals surface area contributed by atoms with Crippen molar-refractivity contribution in [2.24, 2.45) is 0 Å². The van der Waals surface area contributed by atoms with Crippen LogP contribution in [0.1, 0.15) is 37.0 Å². The van der Waals surface area contributed by atoms with E-state index in [2.05, 4.69) is 4.98 Å². The summed E-state index contributed by atoms with van der Waals surface area (Å²) in [4.78, 5) is 4.37. The average molecular weight is 352 g/mol. The van der Waals surface area contributed by atoms with Gasteiger partial charge in [0.05, 0.1) is 12.5 Å². The maximum absolute atomic E-state index is 13.7. The third kappa shape index (κ3) is 3.52. The maximum Gasteiger partial charge on any atom is 0.211 e. The molecule has 130 valence electrons. The summed E-state index contributed by atoms with van der Waals surface area (Å²) in [7, 11) is -3.16. The van der Waals surface area contributed by atoms with Gasteiger partial charge in [-0.1, -0.05) is 25.1 Å². The number of rotatable bonds is 4. The lowest BCUT2D eigenvalue weighted by Gasteiger charge is -2.35. The highest BCUT2D eigenvalue weighted by Gasteiger charge is 2.38. The van der Waals surface area contributed by atoms with Crippen LogP contribution in [0.5, 0.6) is 0 Å². The molecule has 24 heavy (non-hydrogen) atoms. The number of hydrogen-bond acceptors (Lipinski definition) is 4. The second kappa shape index (κ2) is 6.29. The Morgan fingerprint density at radius 2 is 1.96 bits per heavy atom. The van der Waals surface area contributed by atoms with Gasteiger partial charge in [0.15, 0.2) is 5.89 Å². The molecule has 5 nitrogen and oxygen atoms in total. The van der Waals surface area contributed by atoms with E-state index in [0.29, 0.717) is 49.6 Å². The molecule has 0 saturated carbocycles. The molecule has 0 unspecified atom stereocenters. The second-order valence-electron chi connectivity index (χ2n) is 6.62. The van der Waals surface area contributed by atoms with Crippen LogP contribution >= 0.6 is 0 Å². The minimum absolute atomic E-state index is 0.261. The molecule has 2 heterocycles. The summed E-state index contributed by atoms with van der Waals surface area (Å²) < 4.78 is 44.3. The molecule has 1 aromatic carbocycles. The van der Waals surface area contributed by atoms with E-state index in [1.807, 2.05) is 6.92 Å². The van der Waals surface area contributed by atoms with Gasteiger partial charge in [-0.2, -0.15) is 0 Å². The first kappa shape index (κ1) is 17.1. The van der Waals surface area contributed by atoms with E-state index in [9.17, 15) is 12.8 Å². The Kier molecular flexibility index (Phi) is 4.48. The lowest BCUT2D eigenvalue weighted by molar-refractivity contribution is 0.210. The zero-order chi connectivity index (χ0) is 17.4. The molecule has 1 aromatic heterocycles. The Bertz CT molecular complexity index is 824. The Labute approximate surface area is 141 Å². The highest BCUT2D eigenvalue weighted by Crippen LogP contribution is 2.35. The Balaban J connectivity index is 1.73. The van der Waals surface area contributed by atoms with Crippen LogP contribution in [0, 0.1) is 5.82 Å². The van der Waals surface area contributed by atoms with Crippen LogP contribution in [0.2, 0.25) is 0 Å². The number of piperidine rings is 1. The first-order valence-corrected chi connectivity index (χ1v) is 9.76. The smallest absolute Gasteiger partial charge is 0.211 e. The molecular weight excluding hydrogens is 331 g/mol. The van der Waals surface area contributed by atoms with Gasteiger partial charge in [0.25, 0.3) is 0 Å². The molecule has 3 rings (SSSR count). The predicted molar refractivity (Wildman–Crippen MR) is 88.7 cm³/mol. The average Bonchev–Trinajstić information content (AvgIpc) is 2.98. The van der Waals surface area contributed by atoms with Gasteiger partial charge in [0.1, 0.15) is 11.6 Å². The van der Waals surface area contributed by atoms with Crippen molar-refractivity contribution in [3.05, 3.63) is 53.5 Å². The van der Waals surface area contributed by atoms with Crippen LogP contribution in [0.4, 0.5) is 4.39 Å². The van der Waals surface area contributed by atoms with Crippen LogP contribution in [0.15, 0.2) is 34.9 Å². The van der Waals surface area contributed by atoms with E-state index < -0.39 is 10.0 Å². The van der Waals surface area contributed by atoms with Gasteiger partial charge in [-0.25, -0.2) is 22.1 Å². The third-order valence-corrected chi connectivity index (χ3v) is 5.99. The van der Waals surface area contributed by atoms with Gasteiger partial charge in [0.2, 0.25) is 10.0 Å². The standard InChI is InChI=1S/C17H21FN2O3S/c1-17(7-9-20(10-8-17)24(2,21)22)16-19-12-14(23-16)11-13-5-3-4-6-15(13)18/h3-6,12H,7-11H2,1-2H3. The number of hydrogen-bond donors (Lipinski definition) is 0. The van der Waals surface area contributed by atoms with E-state index in [1.54, 1.807) is 24.4 Å². The summed E-state index contributed by atoms with van der Waals surface area (Å²) in [5, 5.41) is 0. The molecule has 0 radical (unpaired) electrons. The molecule has 0 bridgehead atoms. The number of sulfonamides is 1. The number of aromatic nitrogens is 1. The topological polar surface area (TPSA) is 63.4 Å². The summed E-state index contributed by atoms with van der Waals surface area (Å²) in [6.45, 7) is 2.95. The molecule has 0 amide bonds. The molecule has 7 heteroatoms. The summed E-state index contributed by atoms with van der Waals surface area (Å²) in [5.74, 6) is 0.951. The van der Waals surface area contributed by atoms with E-state index in [4.69, 9.17) is 4.42 Å². The van der Waals surface area contributed by atoms with Gasteiger partial charge in [0, 0.05) is 24.9 Å². The number of oxazole rings is 1. The van der Waals surface area contributed by atoms with Crippen LogP contribution < -0.4 is 0 Å². The molecule has 1 saturated heterocycles. The highest BCUT2D eigenvalue weighted by molar-refractivity contribution is 7.88. The molecule has 1 aliphatic rings. The lowest BCUT2D eigenvalue weighted by atomic mass is 9.81. The molecule has 1 fully saturated rings. The summed E-state index contributed by atoms with van der Waals surface area (Å²) in [6, 6.07) is 6.60. The van der Waals surface area contributed by atoms with Crippen LogP contribution in [0.25, 0.3) is 0 Å². The van der Waals surface area contributed by atoms with Crippen molar-refractivity contribution in [3.63, 3.8) is 0 Å². The number of benzene rings is 1. The van der Waals surface area contributed by atoms with E-state index >= 15 is 0 Å². The zero-order valence-corrected chi connectivity index (χ0v) is 14.6. The highest BCUT2D eigenvalue weighted by atomic mass is 32.2. The number of nitrogens with zero attached hydrogens (tertiary/aromatic N) is 2.